The highest BCUT2D eigenvalue weighted by atomic mass is 19.1. The number of amides is 1. The molecule has 3 rings (SSSR count). The summed E-state index contributed by atoms with van der Waals surface area (Å²) in [5.41, 5.74) is 6.57. The molecule has 0 bridgehead atoms. The summed E-state index contributed by atoms with van der Waals surface area (Å²) in [7, 11) is 0. The van der Waals surface area contributed by atoms with Gasteiger partial charge < -0.3 is 10.6 Å². The number of hydrogen-bond acceptors (Lipinski definition) is 2. The third kappa shape index (κ3) is 2.14. The van der Waals surface area contributed by atoms with Gasteiger partial charge in [-0.05, 0) is 49.9 Å². The van der Waals surface area contributed by atoms with Gasteiger partial charge in [-0.25, -0.2) is 4.39 Å². The third-order valence-electron chi connectivity index (χ3n) is 4.53. The zero-order chi connectivity index (χ0) is 13.5. The van der Waals surface area contributed by atoms with Gasteiger partial charge in [-0.3, -0.25) is 4.79 Å². The fourth-order valence-electron chi connectivity index (χ4n) is 3.52. The Balaban J connectivity index is 1.83. The van der Waals surface area contributed by atoms with Crippen LogP contribution in [0.3, 0.4) is 0 Å². The molecule has 4 heteroatoms. The normalized spacial score (nSPS) is 31.2. The van der Waals surface area contributed by atoms with Gasteiger partial charge in [-0.2, -0.15) is 0 Å². The SMILES string of the molecule is N[C@@H]1CCC[C@@]2(CCN(c3ccc(F)cc3)C2=O)C1. The van der Waals surface area contributed by atoms with E-state index in [9.17, 15) is 9.18 Å². The van der Waals surface area contributed by atoms with Crippen LogP contribution in [0.4, 0.5) is 10.1 Å². The molecule has 1 saturated heterocycles. The molecule has 1 saturated carbocycles. The van der Waals surface area contributed by atoms with Gasteiger partial charge in [-0.15, -0.1) is 0 Å². The van der Waals surface area contributed by atoms with Crippen molar-refractivity contribution in [2.45, 2.75) is 38.1 Å². The lowest BCUT2D eigenvalue weighted by atomic mass is 9.71. The maximum absolute atomic E-state index is 13.0. The molecule has 1 aromatic carbocycles. The molecular formula is C15H19FN2O. The van der Waals surface area contributed by atoms with E-state index in [4.69, 9.17) is 5.73 Å². The molecule has 3 nitrogen and oxygen atoms in total. The van der Waals surface area contributed by atoms with Crippen molar-refractivity contribution in [1.29, 1.82) is 0 Å². The summed E-state index contributed by atoms with van der Waals surface area (Å²) < 4.78 is 13.0. The van der Waals surface area contributed by atoms with Crippen LogP contribution in [0.1, 0.15) is 32.1 Å². The zero-order valence-electron chi connectivity index (χ0n) is 10.9. The number of benzene rings is 1. The lowest BCUT2D eigenvalue weighted by Crippen LogP contribution is -2.42. The Hall–Kier alpha value is -1.42. The molecular weight excluding hydrogens is 243 g/mol. The van der Waals surface area contributed by atoms with Crippen molar-refractivity contribution in [1.82, 2.24) is 0 Å². The van der Waals surface area contributed by atoms with Crippen LogP contribution in [0.5, 0.6) is 0 Å². The summed E-state index contributed by atoms with van der Waals surface area (Å²) in [5.74, 6) is -0.0981. The summed E-state index contributed by atoms with van der Waals surface area (Å²) >= 11 is 0. The molecule has 2 aliphatic rings. The topological polar surface area (TPSA) is 46.3 Å². The third-order valence-corrected chi connectivity index (χ3v) is 4.53. The van der Waals surface area contributed by atoms with Crippen molar-refractivity contribution in [2.24, 2.45) is 11.1 Å². The molecule has 102 valence electrons. The molecule has 1 spiro atoms. The minimum atomic E-state index is -0.273. The van der Waals surface area contributed by atoms with E-state index in [2.05, 4.69) is 0 Å². The van der Waals surface area contributed by atoms with E-state index < -0.39 is 0 Å². The van der Waals surface area contributed by atoms with Crippen molar-refractivity contribution >= 4 is 11.6 Å². The molecule has 1 amide bonds. The van der Waals surface area contributed by atoms with Gasteiger partial charge in [0.05, 0.1) is 5.41 Å². The second kappa shape index (κ2) is 4.60. The fraction of sp³-hybridized carbons (Fsp3) is 0.533. The Bertz CT molecular complexity index is 487. The molecule has 2 N–H and O–H groups in total. The number of nitrogens with zero attached hydrogens (tertiary/aromatic N) is 1. The summed E-state index contributed by atoms with van der Waals surface area (Å²) in [4.78, 5) is 14.5. The van der Waals surface area contributed by atoms with Crippen LogP contribution in [-0.4, -0.2) is 18.5 Å². The van der Waals surface area contributed by atoms with Crippen molar-refractivity contribution < 1.29 is 9.18 Å². The minimum absolute atomic E-state index is 0.144. The summed E-state index contributed by atoms with van der Waals surface area (Å²) in [5, 5.41) is 0. The summed E-state index contributed by atoms with van der Waals surface area (Å²) in [6, 6.07) is 6.30. The largest absolute Gasteiger partial charge is 0.328 e. The molecule has 2 fully saturated rings. The van der Waals surface area contributed by atoms with Gasteiger partial charge >= 0.3 is 0 Å². The number of anilines is 1. The highest BCUT2D eigenvalue weighted by molar-refractivity contribution is 6.00. The molecule has 0 aromatic heterocycles. The average Bonchev–Trinajstić information content (AvgIpc) is 2.68. The van der Waals surface area contributed by atoms with Crippen LogP contribution in [0.25, 0.3) is 0 Å². The van der Waals surface area contributed by atoms with E-state index >= 15 is 0 Å². The lowest BCUT2D eigenvalue weighted by molar-refractivity contribution is -0.127. The standard InChI is InChI=1S/C15H19FN2O/c16-11-3-5-13(6-4-11)18-9-8-15(14(18)19)7-1-2-12(17)10-15/h3-6,12H,1-2,7-10,17H2/t12-,15-/m1/s1. The number of halogens is 1. The molecule has 1 aliphatic carbocycles. The first-order valence-corrected chi connectivity index (χ1v) is 6.94. The van der Waals surface area contributed by atoms with Crippen molar-refractivity contribution in [3.05, 3.63) is 30.1 Å². The molecule has 1 heterocycles. The van der Waals surface area contributed by atoms with E-state index in [1.807, 2.05) is 0 Å². The first-order valence-electron chi connectivity index (χ1n) is 6.94. The Labute approximate surface area is 112 Å². The minimum Gasteiger partial charge on any atom is -0.328 e. The predicted molar refractivity (Wildman–Crippen MR) is 72.2 cm³/mol. The number of carbonyl (C=O) groups excluding carboxylic acids is 1. The van der Waals surface area contributed by atoms with Gasteiger partial charge in [0.15, 0.2) is 0 Å². The van der Waals surface area contributed by atoms with E-state index in [0.717, 1.165) is 44.3 Å². The van der Waals surface area contributed by atoms with Gasteiger partial charge in [0, 0.05) is 18.3 Å². The molecule has 0 radical (unpaired) electrons. The second-order valence-corrected chi connectivity index (χ2v) is 5.82. The summed E-state index contributed by atoms with van der Waals surface area (Å²) in [6.07, 6.45) is 4.66. The highest BCUT2D eigenvalue weighted by Gasteiger charge is 2.48. The number of nitrogens with two attached hydrogens (primary N) is 1. The maximum atomic E-state index is 13.0. The summed E-state index contributed by atoms with van der Waals surface area (Å²) in [6.45, 7) is 0.719. The fourth-order valence-corrected chi connectivity index (χ4v) is 3.52. The smallest absolute Gasteiger partial charge is 0.233 e. The zero-order valence-corrected chi connectivity index (χ0v) is 10.9. The van der Waals surface area contributed by atoms with Crippen LogP contribution >= 0.6 is 0 Å². The quantitative estimate of drug-likeness (QED) is 0.845. The number of carbonyl (C=O) groups is 1. The van der Waals surface area contributed by atoms with Crippen LogP contribution < -0.4 is 10.6 Å². The Morgan fingerprint density at radius 1 is 1.26 bits per heavy atom. The van der Waals surface area contributed by atoms with Gasteiger partial charge in [-0.1, -0.05) is 6.42 Å². The van der Waals surface area contributed by atoms with Crippen molar-refractivity contribution in [2.75, 3.05) is 11.4 Å². The van der Waals surface area contributed by atoms with Gasteiger partial charge in [0.1, 0.15) is 5.82 Å². The maximum Gasteiger partial charge on any atom is 0.233 e. The van der Waals surface area contributed by atoms with E-state index in [1.165, 1.54) is 12.1 Å². The molecule has 1 aliphatic heterocycles. The average molecular weight is 262 g/mol. The predicted octanol–water partition coefficient (Wildman–Crippen LogP) is 2.45. The first kappa shape index (κ1) is 12.6. The molecule has 1 aromatic rings. The Kier molecular flexibility index (Phi) is 3.05. The van der Waals surface area contributed by atoms with Crippen LogP contribution in [0, 0.1) is 11.2 Å². The van der Waals surface area contributed by atoms with Crippen molar-refractivity contribution in [3.8, 4) is 0 Å². The molecule has 19 heavy (non-hydrogen) atoms. The first-order chi connectivity index (χ1) is 9.11. The van der Waals surface area contributed by atoms with E-state index in [0.29, 0.717) is 0 Å². The van der Waals surface area contributed by atoms with Crippen LogP contribution in [0.15, 0.2) is 24.3 Å². The molecule has 2 atom stereocenters. The Morgan fingerprint density at radius 2 is 2.00 bits per heavy atom. The second-order valence-electron chi connectivity index (χ2n) is 5.82. The van der Waals surface area contributed by atoms with E-state index in [1.54, 1.807) is 17.0 Å². The number of hydrogen-bond donors (Lipinski definition) is 1. The van der Waals surface area contributed by atoms with E-state index in [-0.39, 0.29) is 23.2 Å². The van der Waals surface area contributed by atoms with Crippen molar-refractivity contribution in [3.63, 3.8) is 0 Å². The molecule has 0 unspecified atom stereocenters. The van der Waals surface area contributed by atoms with Gasteiger partial charge in [0.2, 0.25) is 5.91 Å². The highest BCUT2D eigenvalue weighted by Crippen LogP contribution is 2.45. The van der Waals surface area contributed by atoms with Gasteiger partial charge in [0.25, 0.3) is 0 Å². The van der Waals surface area contributed by atoms with Crippen LogP contribution in [-0.2, 0) is 4.79 Å². The Morgan fingerprint density at radius 3 is 2.68 bits per heavy atom. The van der Waals surface area contributed by atoms with Crippen LogP contribution in [0.2, 0.25) is 0 Å². The monoisotopic (exact) mass is 262 g/mol. The number of rotatable bonds is 1. The lowest BCUT2D eigenvalue weighted by Gasteiger charge is -2.35.